The smallest absolute Gasteiger partial charge is 0.253 e. The highest BCUT2D eigenvalue weighted by Gasteiger charge is 2.42. The molecule has 2 aliphatic heterocycles. The summed E-state index contributed by atoms with van der Waals surface area (Å²) in [6.45, 7) is 6.83. The number of carbonyl (C=O) groups is 2. The van der Waals surface area contributed by atoms with E-state index < -0.39 is 0 Å². The van der Waals surface area contributed by atoms with Crippen LogP contribution in [-0.4, -0.2) is 35.7 Å². The van der Waals surface area contributed by atoms with Crippen molar-refractivity contribution >= 4 is 11.7 Å². The van der Waals surface area contributed by atoms with E-state index in [1.165, 1.54) is 6.92 Å². The van der Waals surface area contributed by atoms with E-state index >= 15 is 0 Å². The molecule has 1 aromatic carbocycles. The minimum atomic E-state index is -0.0292. The lowest BCUT2D eigenvalue weighted by molar-refractivity contribution is 0.0652. The lowest BCUT2D eigenvalue weighted by atomic mass is 9.85. The summed E-state index contributed by atoms with van der Waals surface area (Å²) in [7, 11) is 0. The highest BCUT2D eigenvalue weighted by atomic mass is 16.3. The first-order valence-electron chi connectivity index (χ1n) is 9.42. The zero-order valence-electron chi connectivity index (χ0n) is 15.9. The number of nitrogens with one attached hydrogen (secondary N) is 2. The van der Waals surface area contributed by atoms with Crippen LogP contribution in [0, 0.1) is 19.8 Å². The van der Waals surface area contributed by atoms with E-state index in [-0.39, 0.29) is 23.7 Å². The number of benzene rings is 1. The van der Waals surface area contributed by atoms with Gasteiger partial charge in [-0.3, -0.25) is 15.0 Å². The molecule has 142 valence electrons. The molecule has 0 spiro atoms. The van der Waals surface area contributed by atoms with Crippen LogP contribution in [-0.2, 0) is 0 Å². The zero-order chi connectivity index (χ0) is 19.1. The molecule has 1 aromatic heterocycles. The summed E-state index contributed by atoms with van der Waals surface area (Å²) in [5, 5.41) is 0. The molecule has 0 radical (unpaired) electrons. The van der Waals surface area contributed by atoms with Crippen molar-refractivity contribution in [3.05, 3.63) is 58.5 Å². The lowest BCUT2D eigenvalue weighted by Gasteiger charge is -2.36. The summed E-state index contributed by atoms with van der Waals surface area (Å²) in [5.74, 6) is 2.05. The van der Waals surface area contributed by atoms with Gasteiger partial charge in [-0.25, -0.2) is 5.43 Å². The molecular weight excluding hydrogens is 342 g/mol. The Morgan fingerprint density at radius 1 is 1.15 bits per heavy atom. The molecule has 3 heterocycles. The van der Waals surface area contributed by atoms with Crippen molar-refractivity contribution in [1.29, 1.82) is 0 Å². The normalized spacial score (nSPS) is 24.7. The Hall–Kier alpha value is -2.44. The molecule has 0 bridgehead atoms. The molecule has 2 saturated heterocycles. The van der Waals surface area contributed by atoms with Crippen LogP contribution in [0.3, 0.4) is 0 Å². The van der Waals surface area contributed by atoms with Crippen molar-refractivity contribution < 1.29 is 14.0 Å². The van der Waals surface area contributed by atoms with E-state index in [1.807, 2.05) is 18.7 Å². The molecule has 2 aromatic rings. The first-order valence-corrected chi connectivity index (χ1v) is 9.42. The highest BCUT2D eigenvalue weighted by Crippen LogP contribution is 2.36. The number of rotatable bonds is 3. The molecule has 3 atom stereocenters. The predicted octanol–water partition coefficient (Wildman–Crippen LogP) is 2.78. The van der Waals surface area contributed by atoms with Crippen molar-refractivity contribution in [2.45, 2.75) is 39.3 Å². The van der Waals surface area contributed by atoms with Gasteiger partial charge in [-0.1, -0.05) is 12.1 Å². The average molecular weight is 367 g/mol. The second-order valence-electron chi connectivity index (χ2n) is 7.58. The quantitative estimate of drug-likeness (QED) is 0.816. The van der Waals surface area contributed by atoms with E-state index in [1.54, 1.807) is 24.3 Å². The number of Topliss-reactive ketones (excluding diaryl/α,β-unsaturated/α-hetero) is 1. The Morgan fingerprint density at radius 2 is 1.93 bits per heavy atom. The fourth-order valence-electron chi connectivity index (χ4n) is 4.31. The van der Waals surface area contributed by atoms with Crippen LogP contribution in [0.2, 0.25) is 0 Å². The van der Waals surface area contributed by atoms with Crippen LogP contribution in [0.4, 0.5) is 0 Å². The van der Waals surface area contributed by atoms with Crippen molar-refractivity contribution in [2.75, 3.05) is 13.1 Å². The number of hydrazine groups is 1. The lowest BCUT2D eigenvalue weighted by Crippen LogP contribution is -2.47. The third-order valence-corrected chi connectivity index (χ3v) is 5.73. The maximum atomic E-state index is 13.0. The summed E-state index contributed by atoms with van der Waals surface area (Å²) < 4.78 is 5.71. The number of aryl methyl sites for hydroxylation is 2. The van der Waals surface area contributed by atoms with Gasteiger partial charge in [0.05, 0.1) is 6.04 Å². The van der Waals surface area contributed by atoms with Crippen molar-refractivity contribution in [1.82, 2.24) is 15.8 Å². The molecule has 27 heavy (non-hydrogen) atoms. The maximum Gasteiger partial charge on any atom is 0.253 e. The second-order valence-corrected chi connectivity index (χ2v) is 7.58. The van der Waals surface area contributed by atoms with Crippen LogP contribution < -0.4 is 10.9 Å². The highest BCUT2D eigenvalue weighted by molar-refractivity contribution is 5.99. The molecule has 4 rings (SSSR count). The molecule has 6 nitrogen and oxygen atoms in total. The van der Waals surface area contributed by atoms with Gasteiger partial charge in [0.25, 0.3) is 5.91 Å². The molecule has 3 unspecified atom stereocenters. The van der Waals surface area contributed by atoms with Gasteiger partial charge in [-0.15, -0.1) is 0 Å². The number of likely N-dealkylation sites (tertiary alicyclic amines) is 1. The Labute approximate surface area is 158 Å². The number of fused-ring (bicyclic) bond motifs is 1. The van der Waals surface area contributed by atoms with Gasteiger partial charge in [-0.05, 0) is 45.4 Å². The predicted molar refractivity (Wildman–Crippen MR) is 101 cm³/mol. The topological polar surface area (TPSA) is 74.6 Å². The number of ketones is 1. The monoisotopic (exact) mass is 367 g/mol. The van der Waals surface area contributed by atoms with E-state index in [2.05, 4.69) is 16.9 Å². The molecule has 2 aliphatic rings. The standard InChI is InChI=1S/C21H25N3O3/c1-12-9-17(14(3)27-12)20-18-11-24(8-7-19(18)22-23-20)21(26)16-6-4-5-15(10-16)13(2)25/h4-6,9-10,18-20,22-23H,7-8,11H2,1-3H3. The van der Waals surface area contributed by atoms with Gasteiger partial charge in [0.1, 0.15) is 11.5 Å². The molecule has 2 N–H and O–H groups in total. The largest absolute Gasteiger partial charge is 0.466 e. The first-order chi connectivity index (χ1) is 12.9. The number of piperidine rings is 1. The minimum absolute atomic E-state index is 0.0118. The Morgan fingerprint density at radius 3 is 2.63 bits per heavy atom. The van der Waals surface area contributed by atoms with Crippen LogP contribution in [0.1, 0.15) is 57.2 Å². The molecular formula is C21H25N3O3. The van der Waals surface area contributed by atoms with Crippen LogP contribution >= 0.6 is 0 Å². The summed E-state index contributed by atoms with van der Waals surface area (Å²) in [6.07, 6.45) is 0.891. The molecule has 1 amide bonds. The van der Waals surface area contributed by atoms with E-state index in [4.69, 9.17) is 4.42 Å². The number of amides is 1. The van der Waals surface area contributed by atoms with E-state index in [0.29, 0.717) is 30.3 Å². The number of carbonyl (C=O) groups excluding carboxylic acids is 2. The van der Waals surface area contributed by atoms with Gasteiger partial charge >= 0.3 is 0 Å². The molecule has 6 heteroatoms. The summed E-state index contributed by atoms with van der Waals surface area (Å²) in [6, 6.07) is 9.53. The van der Waals surface area contributed by atoms with Gasteiger partial charge < -0.3 is 9.32 Å². The van der Waals surface area contributed by atoms with E-state index in [0.717, 1.165) is 23.5 Å². The fourth-order valence-corrected chi connectivity index (χ4v) is 4.31. The minimum Gasteiger partial charge on any atom is -0.466 e. The SMILES string of the molecule is CC(=O)c1cccc(C(=O)N2CCC3NNC(c4cc(C)oc4C)C3C2)c1. The van der Waals surface area contributed by atoms with Crippen LogP contribution in [0.15, 0.2) is 34.7 Å². The number of furan rings is 1. The maximum absolute atomic E-state index is 13.0. The van der Waals surface area contributed by atoms with E-state index in [9.17, 15) is 9.59 Å². The molecule has 2 fully saturated rings. The number of nitrogens with zero attached hydrogens (tertiary/aromatic N) is 1. The first kappa shape index (κ1) is 17.9. The summed E-state index contributed by atoms with van der Waals surface area (Å²) in [5.41, 5.74) is 9.09. The van der Waals surface area contributed by atoms with Gasteiger partial charge in [0.2, 0.25) is 0 Å². The number of hydrogen-bond acceptors (Lipinski definition) is 5. The number of hydrogen-bond donors (Lipinski definition) is 2. The van der Waals surface area contributed by atoms with Gasteiger partial charge in [0, 0.05) is 41.7 Å². The van der Waals surface area contributed by atoms with Gasteiger partial charge in [0.15, 0.2) is 5.78 Å². The Bertz CT molecular complexity index is 889. The van der Waals surface area contributed by atoms with Crippen molar-refractivity contribution in [3.63, 3.8) is 0 Å². The van der Waals surface area contributed by atoms with Crippen LogP contribution in [0.25, 0.3) is 0 Å². The average Bonchev–Trinajstić information content (AvgIpc) is 3.22. The molecule has 0 aliphatic carbocycles. The van der Waals surface area contributed by atoms with Crippen molar-refractivity contribution in [3.8, 4) is 0 Å². The molecule has 0 saturated carbocycles. The van der Waals surface area contributed by atoms with Crippen molar-refractivity contribution in [2.24, 2.45) is 5.92 Å². The third kappa shape index (κ3) is 3.31. The Kier molecular flexibility index (Phi) is 4.61. The van der Waals surface area contributed by atoms with Crippen LogP contribution in [0.5, 0.6) is 0 Å². The summed E-state index contributed by atoms with van der Waals surface area (Å²) in [4.78, 5) is 26.6. The summed E-state index contributed by atoms with van der Waals surface area (Å²) >= 11 is 0. The fraction of sp³-hybridized carbons (Fsp3) is 0.429. The van der Waals surface area contributed by atoms with Gasteiger partial charge in [-0.2, -0.15) is 0 Å². The third-order valence-electron chi connectivity index (χ3n) is 5.73. The Balaban J connectivity index is 1.55. The second kappa shape index (κ2) is 6.94. The zero-order valence-corrected chi connectivity index (χ0v) is 15.9.